The average molecular weight is 569 g/mol. The highest BCUT2D eigenvalue weighted by atomic mass is 32.1. The molecule has 43 heavy (non-hydrogen) atoms. The molecule has 0 saturated carbocycles. The van der Waals surface area contributed by atoms with Gasteiger partial charge >= 0.3 is 0 Å². The van der Waals surface area contributed by atoms with Crippen LogP contribution in [-0.4, -0.2) is 19.9 Å². The van der Waals surface area contributed by atoms with Crippen molar-refractivity contribution in [3.8, 4) is 56.2 Å². The van der Waals surface area contributed by atoms with Crippen LogP contribution >= 0.6 is 11.3 Å². The van der Waals surface area contributed by atoms with E-state index in [2.05, 4.69) is 88.8 Å². The number of benzene rings is 4. The van der Waals surface area contributed by atoms with Crippen LogP contribution in [0.2, 0.25) is 0 Å². The van der Waals surface area contributed by atoms with Crippen LogP contribution in [0.25, 0.3) is 76.3 Å². The third-order valence-electron chi connectivity index (χ3n) is 7.69. The lowest BCUT2D eigenvalue weighted by Crippen LogP contribution is -1.96. The monoisotopic (exact) mass is 568 g/mol. The summed E-state index contributed by atoms with van der Waals surface area (Å²) in [5.41, 5.74) is 9.21. The molecule has 0 aliphatic rings. The van der Waals surface area contributed by atoms with E-state index in [0.29, 0.717) is 5.82 Å². The first kappa shape index (κ1) is 25.2. The van der Waals surface area contributed by atoms with Crippen LogP contribution in [0.1, 0.15) is 0 Å². The standard InChI is InChI=1S/C38H24N4S/c1-2-6-27(7-3-1)38-41-34(28-10-11-33-32-8-4-5-9-36(32)43-37(33)23-28)24-35(42-38)31-21-29(25-12-16-39-17-13-25)20-30(22-31)26-14-18-40-19-15-26/h1-24H. The van der Waals surface area contributed by atoms with Crippen molar-refractivity contribution in [2.24, 2.45) is 0 Å². The zero-order chi connectivity index (χ0) is 28.6. The van der Waals surface area contributed by atoms with E-state index in [1.165, 1.54) is 20.2 Å². The summed E-state index contributed by atoms with van der Waals surface area (Å²) in [6, 6.07) is 42.3. The molecule has 0 saturated heterocycles. The fourth-order valence-corrected chi connectivity index (χ4v) is 6.69. The molecular weight excluding hydrogens is 545 g/mol. The molecular formula is C38H24N4S. The maximum Gasteiger partial charge on any atom is 0.160 e. The van der Waals surface area contributed by atoms with Crippen molar-refractivity contribution in [1.82, 2.24) is 19.9 Å². The maximum absolute atomic E-state index is 5.13. The van der Waals surface area contributed by atoms with Crippen LogP contribution in [-0.2, 0) is 0 Å². The van der Waals surface area contributed by atoms with Crippen molar-refractivity contribution in [1.29, 1.82) is 0 Å². The number of hydrogen-bond donors (Lipinski definition) is 0. The molecule has 0 atom stereocenters. The molecule has 4 aromatic heterocycles. The smallest absolute Gasteiger partial charge is 0.160 e. The Morgan fingerprint density at radius 1 is 0.372 bits per heavy atom. The summed E-state index contributed by atoms with van der Waals surface area (Å²) in [4.78, 5) is 18.7. The third kappa shape index (κ3) is 4.86. The highest BCUT2D eigenvalue weighted by Crippen LogP contribution is 2.38. The Morgan fingerprint density at radius 3 is 1.65 bits per heavy atom. The number of nitrogens with zero attached hydrogens (tertiary/aromatic N) is 4. The summed E-state index contributed by atoms with van der Waals surface area (Å²) in [6.45, 7) is 0. The number of rotatable bonds is 5. The van der Waals surface area contributed by atoms with Gasteiger partial charge in [-0.05, 0) is 82.9 Å². The summed E-state index contributed by atoms with van der Waals surface area (Å²) in [6.07, 6.45) is 7.31. The quantitative estimate of drug-likeness (QED) is 0.207. The molecule has 0 fully saturated rings. The Labute approximate surface area is 253 Å². The lowest BCUT2D eigenvalue weighted by molar-refractivity contribution is 1.18. The molecule has 0 bridgehead atoms. The van der Waals surface area contributed by atoms with E-state index in [0.717, 1.165) is 50.3 Å². The maximum atomic E-state index is 5.13. The SMILES string of the molecule is c1ccc(-c2nc(-c3cc(-c4ccncc4)cc(-c4ccncc4)c3)cc(-c3ccc4c(c3)sc3ccccc34)n2)cc1. The van der Waals surface area contributed by atoms with Gasteiger partial charge in [0, 0.05) is 61.7 Å². The number of thiophene rings is 1. The molecule has 8 aromatic rings. The lowest BCUT2D eigenvalue weighted by Gasteiger charge is -2.13. The lowest BCUT2D eigenvalue weighted by atomic mass is 9.95. The minimum absolute atomic E-state index is 0.698. The molecule has 4 nitrogen and oxygen atoms in total. The Balaban J connectivity index is 1.34. The van der Waals surface area contributed by atoms with Gasteiger partial charge in [0.2, 0.25) is 0 Å². The van der Waals surface area contributed by atoms with Gasteiger partial charge in [0.05, 0.1) is 11.4 Å². The summed E-state index contributed by atoms with van der Waals surface area (Å²) in [5, 5.41) is 2.56. The molecule has 5 heteroatoms. The van der Waals surface area contributed by atoms with Gasteiger partial charge in [-0.2, -0.15) is 0 Å². The topological polar surface area (TPSA) is 51.6 Å². The largest absolute Gasteiger partial charge is 0.265 e. The third-order valence-corrected chi connectivity index (χ3v) is 8.82. The Bertz CT molecular complexity index is 2170. The van der Waals surface area contributed by atoms with E-state index < -0.39 is 0 Å². The molecule has 0 unspecified atom stereocenters. The van der Waals surface area contributed by atoms with E-state index in [9.17, 15) is 0 Å². The Kier molecular flexibility index (Phi) is 6.28. The zero-order valence-electron chi connectivity index (χ0n) is 23.1. The van der Waals surface area contributed by atoms with Gasteiger partial charge in [-0.1, -0.05) is 60.7 Å². The summed E-state index contributed by atoms with van der Waals surface area (Å²) in [5.74, 6) is 0.698. The van der Waals surface area contributed by atoms with Crippen LogP contribution in [0.3, 0.4) is 0 Å². The van der Waals surface area contributed by atoms with E-state index >= 15 is 0 Å². The Morgan fingerprint density at radius 2 is 0.953 bits per heavy atom. The highest BCUT2D eigenvalue weighted by Gasteiger charge is 2.15. The van der Waals surface area contributed by atoms with E-state index in [1.807, 2.05) is 78.6 Å². The van der Waals surface area contributed by atoms with Gasteiger partial charge in [-0.15, -0.1) is 11.3 Å². The molecule has 0 N–H and O–H groups in total. The minimum atomic E-state index is 0.698. The van der Waals surface area contributed by atoms with Gasteiger partial charge < -0.3 is 0 Å². The van der Waals surface area contributed by atoms with Crippen LogP contribution < -0.4 is 0 Å². The fourth-order valence-electron chi connectivity index (χ4n) is 5.54. The Hall–Kier alpha value is -5.52. The van der Waals surface area contributed by atoms with E-state index in [1.54, 1.807) is 0 Å². The minimum Gasteiger partial charge on any atom is -0.265 e. The summed E-state index contributed by atoms with van der Waals surface area (Å²) < 4.78 is 2.54. The highest BCUT2D eigenvalue weighted by molar-refractivity contribution is 7.25. The van der Waals surface area contributed by atoms with Gasteiger partial charge in [-0.25, -0.2) is 9.97 Å². The fraction of sp³-hybridized carbons (Fsp3) is 0. The zero-order valence-corrected chi connectivity index (χ0v) is 23.9. The first-order chi connectivity index (χ1) is 21.3. The molecule has 0 spiro atoms. The van der Waals surface area contributed by atoms with Crippen molar-refractivity contribution in [2.75, 3.05) is 0 Å². The second-order valence-electron chi connectivity index (χ2n) is 10.4. The summed E-state index contributed by atoms with van der Waals surface area (Å²) in [7, 11) is 0. The summed E-state index contributed by atoms with van der Waals surface area (Å²) >= 11 is 1.82. The number of pyridine rings is 2. The van der Waals surface area contributed by atoms with Gasteiger partial charge in [0.15, 0.2) is 5.82 Å². The molecule has 0 aliphatic carbocycles. The number of fused-ring (bicyclic) bond motifs is 3. The molecule has 8 rings (SSSR count). The molecule has 4 heterocycles. The van der Waals surface area contributed by atoms with Gasteiger partial charge in [-0.3, -0.25) is 9.97 Å². The predicted molar refractivity (Wildman–Crippen MR) is 178 cm³/mol. The average Bonchev–Trinajstić information content (AvgIpc) is 3.47. The van der Waals surface area contributed by atoms with Crippen LogP contribution in [0.5, 0.6) is 0 Å². The van der Waals surface area contributed by atoms with Crippen LogP contribution in [0.15, 0.2) is 146 Å². The van der Waals surface area contributed by atoms with Gasteiger partial charge in [0.1, 0.15) is 0 Å². The van der Waals surface area contributed by atoms with Crippen LogP contribution in [0.4, 0.5) is 0 Å². The molecule has 0 aliphatic heterocycles. The molecule has 4 aromatic carbocycles. The second kappa shape index (κ2) is 10.7. The normalized spacial score (nSPS) is 11.3. The van der Waals surface area contributed by atoms with Crippen molar-refractivity contribution in [3.63, 3.8) is 0 Å². The van der Waals surface area contributed by atoms with Crippen molar-refractivity contribution in [2.45, 2.75) is 0 Å². The van der Waals surface area contributed by atoms with E-state index in [4.69, 9.17) is 9.97 Å². The van der Waals surface area contributed by atoms with E-state index in [-0.39, 0.29) is 0 Å². The number of hydrogen-bond acceptors (Lipinski definition) is 5. The van der Waals surface area contributed by atoms with Crippen molar-refractivity contribution in [3.05, 3.63) is 146 Å². The molecule has 202 valence electrons. The second-order valence-corrected chi connectivity index (χ2v) is 11.5. The number of aromatic nitrogens is 4. The van der Waals surface area contributed by atoms with Crippen LogP contribution in [0, 0.1) is 0 Å². The van der Waals surface area contributed by atoms with Gasteiger partial charge in [0.25, 0.3) is 0 Å². The first-order valence-corrected chi connectivity index (χ1v) is 14.9. The first-order valence-electron chi connectivity index (χ1n) is 14.1. The molecule has 0 radical (unpaired) electrons. The van der Waals surface area contributed by atoms with Crippen molar-refractivity contribution < 1.29 is 0 Å². The predicted octanol–water partition coefficient (Wildman–Crippen LogP) is 9.97. The van der Waals surface area contributed by atoms with Crippen molar-refractivity contribution >= 4 is 31.5 Å². The molecule has 0 amide bonds.